The number of nitrogens with zero attached hydrogens (tertiary/aromatic N) is 2. The number of hydrogen-bond donors (Lipinski definition) is 2. The Morgan fingerprint density at radius 1 is 1.47 bits per heavy atom. The van der Waals surface area contributed by atoms with Crippen molar-refractivity contribution < 1.29 is 4.79 Å². The van der Waals surface area contributed by atoms with E-state index in [1.807, 2.05) is 20.8 Å². The minimum Gasteiger partial charge on any atom is -0.345 e. The Labute approximate surface area is 89.1 Å². The molecule has 1 aromatic heterocycles. The Morgan fingerprint density at radius 3 is 2.60 bits per heavy atom. The molecule has 3 N–H and O–H groups in total. The van der Waals surface area contributed by atoms with Crippen LogP contribution in [0, 0.1) is 6.92 Å². The Bertz CT molecular complexity index is 345. The summed E-state index contributed by atoms with van der Waals surface area (Å²) in [6.07, 6.45) is 3.02. The number of nitrogens with two attached hydrogens (primary N) is 1. The van der Waals surface area contributed by atoms with Gasteiger partial charge in [0.1, 0.15) is 5.69 Å². The quantitative estimate of drug-likeness (QED) is 0.746. The second-order valence-corrected chi connectivity index (χ2v) is 4.09. The van der Waals surface area contributed by atoms with Crippen LogP contribution in [0.3, 0.4) is 0 Å². The summed E-state index contributed by atoms with van der Waals surface area (Å²) in [6, 6.07) is 0. The number of carbonyl (C=O) groups excluding carboxylic acids is 1. The number of carbonyl (C=O) groups is 1. The minimum absolute atomic E-state index is 0.252. The van der Waals surface area contributed by atoms with E-state index < -0.39 is 5.54 Å². The zero-order chi connectivity index (χ0) is 11.5. The lowest BCUT2D eigenvalue weighted by Gasteiger charge is -2.23. The fraction of sp³-hybridized carbons (Fsp3) is 0.500. The van der Waals surface area contributed by atoms with Crippen molar-refractivity contribution in [3.8, 4) is 0 Å². The van der Waals surface area contributed by atoms with E-state index in [0.29, 0.717) is 12.2 Å². The molecule has 0 radical (unpaired) electrons. The minimum atomic E-state index is -0.427. The third kappa shape index (κ3) is 3.28. The SMILES string of the molecule is Cc1cnc(C(=O)NC(C)(C)CN)cn1. The van der Waals surface area contributed by atoms with Crippen LogP contribution in [0.15, 0.2) is 12.4 Å². The lowest BCUT2D eigenvalue weighted by atomic mass is 10.1. The highest BCUT2D eigenvalue weighted by Crippen LogP contribution is 2.01. The fourth-order valence-electron chi connectivity index (χ4n) is 0.932. The third-order valence-electron chi connectivity index (χ3n) is 1.98. The summed E-state index contributed by atoms with van der Waals surface area (Å²) in [5.41, 5.74) is 6.17. The predicted molar refractivity (Wildman–Crippen MR) is 57.4 cm³/mol. The predicted octanol–water partition coefficient (Wildman–Crippen LogP) is 0.252. The van der Waals surface area contributed by atoms with Crippen molar-refractivity contribution in [3.63, 3.8) is 0 Å². The van der Waals surface area contributed by atoms with Crippen LogP contribution < -0.4 is 11.1 Å². The van der Waals surface area contributed by atoms with E-state index in [9.17, 15) is 4.79 Å². The number of aryl methyl sites for hydroxylation is 1. The fourth-order valence-corrected chi connectivity index (χ4v) is 0.932. The smallest absolute Gasteiger partial charge is 0.271 e. The van der Waals surface area contributed by atoms with Gasteiger partial charge in [0.15, 0.2) is 0 Å². The van der Waals surface area contributed by atoms with Crippen molar-refractivity contribution in [3.05, 3.63) is 23.8 Å². The van der Waals surface area contributed by atoms with E-state index in [4.69, 9.17) is 5.73 Å². The molecule has 0 atom stereocenters. The van der Waals surface area contributed by atoms with Gasteiger partial charge in [-0.05, 0) is 20.8 Å². The van der Waals surface area contributed by atoms with E-state index in [1.54, 1.807) is 6.20 Å². The first-order chi connectivity index (χ1) is 6.94. The third-order valence-corrected chi connectivity index (χ3v) is 1.98. The summed E-state index contributed by atoms with van der Waals surface area (Å²) >= 11 is 0. The normalized spacial score (nSPS) is 11.2. The Hall–Kier alpha value is -1.49. The molecular formula is C10H16N4O. The highest BCUT2D eigenvalue weighted by molar-refractivity contribution is 5.92. The van der Waals surface area contributed by atoms with Gasteiger partial charge >= 0.3 is 0 Å². The summed E-state index contributed by atoms with van der Waals surface area (Å²) < 4.78 is 0. The molecule has 0 bridgehead atoms. The van der Waals surface area contributed by atoms with Gasteiger partial charge in [-0.25, -0.2) is 4.98 Å². The summed E-state index contributed by atoms with van der Waals surface area (Å²) in [5.74, 6) is -0.252. The first-order valence-electron chi connectivity index (χ1n) is 4.76. The molecule has 0 unspecified atom stereocenters. The average molecular weight is 208 g/mol. The molecular weight excluding hydrogens is 192 g/mol. The van der Waals surface area contributed by atoms with Gasteiger partial charge < -0.3 is 11.1 Å². The number of amides is 1. The first-order valence-corrected chi connectivity index (χ1v) is 4.76. The van der Waals surface area contributed by atoms with Crippen molar-refractivity contribution >= 4 is 5.91 Å². The second-order valence-electron chi connectivity index (χ2n) is 4.09. The van der Waals surface area contributed by atoms with E-state index in [2.05, 4.69) is 15.3 Å². The molecule has 15 heavy (non-hydrogen) atoms. The molecule has 1 heterocycles. The molecule has 1 aromatic rings. The molecule has 1 rings (SSSR count). The van der Waals surface area contributed by atoms with E-state index in [1.165, 1.54) is 6.20 Å². The van der Waals surface area contributed by atoms with Crippen molar-refractivity contribution in [2.24, 2.45) is 5.73 Å². The molecule has 5 heteroatoms. The lowest BCUT2D eigenvalue weighted by Crippen LogP contribution is -2.49. The van der Waals surface area contributed by atoms with Gasteiger partial charge in [-0.3, -0.25) is 9.78 Å². The van der Waals surface area contributed by atoms with Crippen LogP contribution in [0.2, 0.25) is 0 Å². The van der Waals surface area contributed by atoms with Gasteiger partial charge in [0, 0.05) is 18.3 Å². The van der Waals surface area contributed by atoms with Crippen molar-refractivity contribution in [1.82, 2.24) is 15.3 Å². The maximum Gasteiger partial charge on any atom is 0.271 e. The number of rotatable bonds is 3. The molecule has 5 nitrogen and oxygen atoms in total. The molecule has 0 aliphatic carbocycles. The summed E-state index contributed by atoms with van der Waals surface area (Å²) in [7, 11) is 0. The standard InChI is InChI=1S/C10H16N4O/c1-7-4-13-8(5-12-7)9(15)14-10(2,3)6-11/h4-5H,6,11H2,1-3H3,(H,14,15). The van der Waals surface area contributed by atoms with Gasteiger partial charge in [0.25, 0.3) is 5.91 Å². The van der Waals surface area contributed by atoms with Gasteiger partial charge in [-0.2, -0.15) is 0 Å². The van der Waals surface area contributed by atoms with Gasteiger partial charge in [-0.15, -0.1) is 0 Å². The zero-order valence-corrected chi connectivity index (χ0v) is 9.24. The molecule has 1 amide bonds. The van der Waals surface area contributed by atoms with Crippen molar-refractivity contribution in [2.75, 3.05) is 6.54 Å². The molecule has 0 aliphatic heterocycles. The van der Waals surface area contributed by atoms with Crippen LogP contribution in [0.1, 0.15) is 30.0 Å². The Balaban J connectivity index is 2.74. The highest BCUT2D eigenvalue weighted by Gasteiger charge is 2.19. The summed E-state index contributed by atoms with van der Waals surface area (Å²) in [4.78, 5) is 19.6. The lowest BCUT2D eigenvalue weighted by molar-refractivity contribution is 0.0910. The summed E-state index contributed by atoms with van der Waals surface area (Å²) in [6.45, 7) is 5.90. The average Bonchev–Trinajstić information content (AvgIpc) is 2.18. The summed E-state index contributed by atoms with van der Waals surface area (Å²) in [5, 5.41) is 2.78. The maximum absolute atomic E-state index is 11.7. The molecule has 82 valence electrons. The largest absolute Gasteiger partial charge is 0.345 e. The topological polar surface area (TPSA) is 80.9 Å². The van der Waals surface area contributed by atoms with Gasteiger partial charge in [0.05, 0.1) is 11.9 Å². The molecule has 0 fully saturated rings. The molecule has 0 aliphatic rings. The van der Waals surface area contributed by atoms with Gasteiger partial charge in [0.2, 0.25) is 0 Å². The van der Waals surface area contributed by atoms with Crippen LogP contribution in [0.5, 0.6) is 0 Å². The second kappa shape index (κ2) is 4.35. The molecule has 0 spiro atoms. The van der Waals surface area contributed by atoms with Crippen molar-refractivity contribution in [1.29, 1.82) is 0 Å². The molecule has 0 aromatic carbocycles. The highest BCUT2D eigenvalue weighted by atomic mass is 16.2. The van der Waals surface area contributed by atoms with Crippen LogP contribution in [-0.4, -0.2) is 28.0 Å². The maximum atomic E-state index is 11.7. The Kier molecular flexibility index (Phi) is 3.36. The zero-order valence-electron chi connectivity index (χ0n) is 9.24. The van der Waals surface area contributed by atoms with Crippen LogP contribution in [0.25, 0.3) is 0 Å². The first kappa shape index (κ1) is 11.6. The monoisotopic (exact) mass is 208 g/mol. The molecule has 0 saturated carbocycles. The van der Waals surface area contributed by atoms with Crippen molar-refractivity contribution in [2.45, 2.75) is 26.3 Å². The number of aromatic nitrogens is 2. The van der Waals surface area contributed by atoms with Crippen LogP contribution >= 0.6 is 0 Å². The van der Waals surface area contributed by atoms with E-state index in [0.717, 1.165) is 5.69 Å². The van der Waals surface area contributed by atoms with Crippen LogP contribution in [0.4, 0.5) is 0 Å². The molecule has 0 saturated heterocycles. The Morgan fingerprint density at radius 2 is 2.13 bits per heavy atom. The van der Waals surface area contributed by atoms with Crippen LogP contribution in [-0.2, 0) is 0 Å². The van der Waals surface area contributed by atoms with E-state index >= 15 is 0 Å². The van der Waals surface area contributed by atoms with Gasteiger partial charge in [-0.1, -0.05) is 0 Å². The number of hydrogen-bond acceptors (Lipinski definition) is 4. The van der Waals surface area contributed by atoms with E-state index in [-0.39, 0.29) is 5.91 Å². The number of nitrogens with one attached hydrogen (secondary N) is 1.